The van der Waals surface area contributed by atoms with Crippen molar-refractivity contribution in [1.82, 2.24) is 15.3 Å². The fourth-order valence-electron chi connectivity index (χ4n) is 3.81. The number of amides is 1. The van der Waals surface area contributed by atoms with Crippen LogP contribution in [0.1, 0.15) is 55.3 Å². The summed E-state index contributed by atoms with van der Waals surface area (Å²) in [6.45, 7) is 0.267. The fraction of sp³-hybridized carbons (Fsp3) is 0.550. The molecule has 144 valence electrons. The summed E-state index contributed by atoms with van der Waals surface area (Å²) >= 11 is 0. The highest BCUT2D eigenvalue weighted by molar-refractivity contribution is 6.05. The molecule has 0 bridgehead atoms. The van der Waals surface area contributed by atoms with Crippen molar-refractivity contribution in [2.24, 2.45) is 0 Å². The number of anilines is 1. The number of aromatic nitrogens is 2. The molecule has 4 N–H and O–H groups in total. The minimum Gasteiger partial charge on any atom is -0.393 e. The molecule has 7 nitrogen and oxygen atoms in total. The topological polar surface area (TPSA) is 107 Å². The Morgan fingerprint density at radius 3 is 2.70 bits per heavy atom. The average Bonchev–Trinajstić information content (AvgIpc) is 2.66. The highest BCUT2D eigenvalue weighted by Gasteiger charge is 2.34. The predicted octanol–water partition coefficient (Wildman–Crippen LogP) is 1.99. The first-order valence-electron chi connectivity index (χ1n) is 9.73. The number of rotatable bonds is 5. The first kappa shape index (κ1) is 18.1. The molecule has 27 heavy (non-hydrogen) atoms. The summed E-state index contributed by atoms with van der Waals surface area (Å²) in [4.78, 5) is 21.6. The monoisotopic (exact) mass is 370 g/mol. The zero-order valence-electron chi connectivity index (χ0n) is 15.3. The van der Waals surface area contributed by atoms with Crippen LogP contribution in [-0.2, 0) is 0 Å². The van der Waals surface area contributed by atoms with Gasteiger partial charge in [-0.2, -0.15) is 0 Å². The van der Waals surface area contributed by atoms with E-state index in [0.29, 0.717) is 17.0 Å². The Morgan fingerprint density at radius 2 is 2.00 bits per heavy atom. The van der Waals surface area contributed by atoms with E-state index in [2.05, 4.69) is 20.6 Å². The van der Waals surface area contributed by atoms with Gasteiger partial charge >= 0.3 is 0 Å². The van der Waals surface area contributed by atoms with Gasteiger partial charge in [0.05, 0.1) is 22.8 Å². The van der Waals surface area contributed by atoms with Gasteiger partial charge in [0.15, 0.2) is 0 Å². The van der Waals surface area contributed by atoms with Gasteiger partial charge < -0.3 is 20.8 Å². The SMILES string of the molecule is O=C(NCC1(O)CCC1)c1cccc2cnc(N[C@H]3CC[C@H](O)CC3)nc12. The van der Waals surface area contributed by atoms with Crippen molar-refractivity contribution in [1.29, 1.82) is 0 Å². The quantitative estimate of drug-likeness (QED) is 0.641. The van der Waals surface area contributed by atoms with Crippen LogP contribution in [0.5, 0.6) is 0 Å². The number of nitrogens with zero attached hydrogens (tertiary/aromatic N) is 2. The van der Waals surface area contributed by atoms with Crippen molar-refractivity contribution in [3.05, 3.63) is 30.0 Å². The first-order chi connectivity index (χ1) is 13.0. The summed E-state index contributed by atoms with van der Waals surface area (Å²) in [6.07, 6.45) is 7.29. The minimum absolute atomic E-state index is 0.207. The Labute approximate surface area is 158 Å². The highest BCUT2D eigenvalue weighted by Crippen LogP contribution is 2.30. The molecule has 2 fully saturated rings. The molecule has 2 saturated carbocycles. The summed E-state index contributed by atoms with van der Waals surface area (Å²) in [5.74, 6) is 0.271. The van der Waals surface area contributed by atoms with Crippen LogP contribution in [0.4, 0.5) is 5.95 Å². The molecule has 1 aromatic carbocycles. The van der Waals surface area contributed by atoms with E-state index in [1.165, 1.54) is 0 Å². The normalized spacial score (nSPS) is 24.2. The van der Waals surface area contributed by atoms with E-state index in [0.717, 1.165) is 50.3 Å². The van der Waals surface area contributed by atoms with Crippen LogP contribution in [-0.4, -0.2) is 50.4 Å². The Balaban J connectivity index is 1.51. The molecular formula is C20H26N4O3. The molecule has 0 saturated heterocycles. The van der Waals surface area contributed by atoms with E-state index in [-0.39, 0.29) is 24.6 Å². The second-order valence-corrected chi connectivity index (χ2v) is 7.85. The summed E-state index contributed by atoms with van der Waals surface area (Å²) < 4.78 is 0. The number of aliphatic hydroxyl groups is 2. The van der Waals surface area contributed by atoms with Gasteiger partial charge in [-0.1, -0.05) is 12.1 Å². The van der Waals surface area contributed by atoms with E-state index in [9.17, 15) is 15.0 Å². The number of carbonyl (C=O) groups is 1. The lowest BCUT2D eigenvalue weighted by atomic mass is 9.80. The third-order valence-corrected chi connectivity index (χ3v) is 5.75. The Kier molecular flexibility index (Phi) is 4.97. The molecule has 1 aromatic heterocycles. The lowest BCUT2D eigenvalue weighted by molar-refractivity contribution is -0.0300. The number of benzene rings is 1. The molecule has 2 aliphatic carbocycles. The summed E-state index contributed by atoms with van der Waals surface area (Å²) in [5, 5.41) is 26.8. The maximum atomic E-state index is 12.7. The number of carbonyl (C=O) groups excluding carboxylic acids is 1. The first-order valence-corrected chi connectivity index (χ1v) is 9.73. The van der Waals surface area contributed by atoms with Crippen LogP contribution in [0.25, 0.3) is 10.9 Å². The average molecular weight is 370 g/mol. The Morgan fingerprint density at radius 1 is 1.22 bits per heavy atom. The van der Waals surface area contributed by atoms with Crippen LogP contribution < -0.4 is 10.6 Å². The number of nitrogens with one attached hydrogen (secondary N) is 2. The molecular weight excluding hydrogens is 344 g/mol. The minimum atomic E-state index is -0.756. The maximum absolute atomic E-state index is 12.7. The molecule has 0 spiro atoms. The van der Waals surface area contributed by atoms with Crippen molar-refractivity contribution >= 4 is 22.8 Å². The zero-order valence-corrected chi connectivity index (χ0v) is 15.3. The standard InChI is InChI=1S/C20H26N4O3/c25-15-7-5-14(6-8-15)23-19-21-11-13-3-1-4-16(17(13)24-19)18(26)22-12-20(27)9-2-10-20/h1,3-4,11,14-15,25,27H,2,5-10,12H2,(H,22,26)(H,21,23,24)/t14-,15-. The molecule has 7 heteroatoms. The molecule has 2 aromatic rings. The molecule has 0 unspecified atom stereocenters. The maximum Gasteiger partial charge on any atom is 0.253 e. The number of hydrogen-bond acceptors (Lipinski definition) is 6. The van der Waals surface area contributed by atoms with E-state index < -0.39 is 5.60 Å². The number of para-hydroxylation sites is 1. The predicted molar refractivity (Wildman–Crippen MR) is 103 cm³/mol. The Hall–Kier alpha value is -2.25. The van der Waals surface area contributed by atoms with Gasteiger partial charge in [-0.05, 0) is 51.0 Å². The van der Waals surface area contributed by atoms with Crippen LogP contribution in [0, 0.1) is 0 Å². The van der Waals surface area contributed by atoms with Crippen LogP contribution in [0.15, 0.2) is 24.4 Å². The van der Waals surface area contributed by atoms with Gasteiger partial charge in [-0.3, -0.25) is 4.79 Å². The van der Waals surface area contributed by atoms with Gasteiger partial charge in [0.25, 0.3) is 5.91 Å². The van der Waals surface area contributed by atoms with E-state index in [1.807, 2.05) is 12.1 Å². The van der Waals surface area contributed by atoms with Crippen molar-refractivity contribution < 1.29 is 15.0 Å². The van der Waals surface area contributed by atoms with Gasteiger partial charge in [0.2, 0.25) is 5.95 Å². The molecule has 1 amide bonds. The lowest BCUT2D eigenvalue weighted by Gasteiger charge is -2.36. The van der Waals surface area contributed by atoms with Gasteiger partial charge in [0.1, 0.15) is 0 Å². The number of hydrogen-bond donors (Lipinski definition) is 4. The van der Waals surface area contributed by atoms with Gasteiger partial charge in [0, 0.05) is 24.2 Å². The molecule has 0 atom stereocenters. The molecule has 2 aliphatic rings. The highest BCUT2D eigenvalue weighted by atomic mass is 16.3. The third kappa shape index (κ3) is 4.04. The smallest absolute Gasteiger partial charge is 0.253 e. The summed E-state index contributed by atoms with van der Waals surface area (Å²) in [5.41, 5.74) is 0.330. The van der Waals surface area contributed by atoms with Crippen LogP contribution in [0.3, 0.4) is 0 Å². The molecule has 0 radical (unpaired) electrons. The van der Waals surface area contributed by atoms with Crippen LogP contribution >= 0.6 is 0 Å². The second-order valence-electron chi connectivity index (χ2n) is 7.85. The summed E-state index contributed by atoms with van der Waals surface area (Å²) in [6, 6.07) is 5.68. The lowest BCUT2D eigenvalue weighted by Crippen LogP contribution is -2.47. The Bertz CT molecular complexity index is 829. The molecule has 4 rings (SSSR count). The van der Waals surface area contributed by atoms with Gasteiger partial charge in [-0.15, -0.1) is 0 Å². The van der Waals surface area contributed by atoms with Crippen molar-refractivity contribution in [3.8, 4) is 0 Å². The molecule has 1 heterocycles. The van der Waals surface area contributed by atoms with E-state index >= 15 is 0 Å². The third-order valence-electron chi connectivity index (χ3n) is 5.75. The van der Waals surface area contributed by atoms with Crippen molar-refractivity contribution in [2.75, 3.05) is 11.9 Å². The zero-order chi connectivity index (χ0) is 18.9. The van der Waals surface area contributed by atoms with E-state index in [1.54, 1.807) is 12.3 Å². The molecule has 0 aliphatic heterocycles. The van der Waals surface area contributed by atoms with Crippen molar-refractivity contribution in [3.63, 3.8) is 0 Å². The fourth-order valence-corrected chi connectivity index (χ4v) is 3.81. The van der Waals surface area contributed by atoms with Crippen LogP contribution in [0.2, 0.25) is 0 Å². The number of aliphatic hydroxyl groups excluding tert-OH is 1. The van der Waals surface area contributed by atoms with Gasteiger partial charge in [-0.25, -0.2) is 9.97 Å². The van der Waals surface area contributed by atoms with Crippen molar-refractivity contribution in [2.45, 2.75) is 62.7 Å². The largest absolute Gasteiger partial charge is 0.393 e. The second kappa shape index (κ2) is 7.40. The summed E-state index contributed by atoms with van der Waals surface area (Å²) in [7, 11) is 0. The van der Waals surface area contributed by atoms with E-state index in [4.69, 9.17) is 0 Å². The number of fused-ring (bicyclic) bond motifs is 1.